The molecule has 0 aliphatic rings. The summed E-state index contributed by atoms with van der Waals surface area (Å²) in [5.41, 5.74) is 7.25. The molecular weight excluding hydrogens is 481 g/mol. The molecule has 39 heavy (non-hydrogen) atoms. The van der Waals surface area contributed by atoms with E-state index in [-0.39, 0.29) is 5.82 Å². The number of furan rings is 1. The first-order valence-corrected chi connectivity index (χ1v) is 13.5. The van der Waals surface area contributed by atoms with Crippen molar-refractivity contribution in [1.82, 2.24) is 0 Å². The lowest BCUT2D eigenvalue weighted by molar-refractivity contribution is -0.660. The molecule has 0 spiro atoms. The lowest BCUT2D eigenvalue weighted by Gasteiger charge is -2.12. The number of pyridine rings is 1. The number of aromatic nitrogens is 1. The summed E-state index contributed by atoms with van der Waals surface area (Å²) in [7, 11) is 2.06. The average Bonchev–Trinajstić information content (AvgIpc) is 3.31. The molecule has 0 unspecified atom stereocenters. The largest absolute Gasteiger partial charge is 0.454 e. The van der Waals surface area contributed by atoms with Crippen LogP contribution < -0.4 is 4.57 Å². The first-order chi connectivity index (χ1) is 18.9. The minimum atomic E-state index is -0.285. The van der Waals surface area contributed by atoms with E-state index in [0.29, 0.717) is 17.1 Å². The van der Waals surface area contributed by atoms with Gasteiger partial charge >= 0.3 is 0 Å². The zero-order valence-electron chi connectivity index (χ0n) is 22.5. The maximum atomic E-state index is 15.9. The topological polar surface area (TPSA) is 17.0 Å². The van der Waals surface area contributed by atoms with Crippen LogP contribution >= 0.6 is 0 Å². The van der Waals surface area contributed by atoms with Crippen LogP contribution in [-0.2, 0) is 7.05 Å². The second-order valence-electron chi connectivity index (χ2n) is 10.8. The third-order valence-corrected chi connectivity index (χ3v) is 8.10. The predicted molar refractivity (Wildman–Crippen MR) is 160 cm³/mol. The van der Waals surface area contributed by atoms with Gasteiger partial charge in [-0.2, -0.15) is 0 Å². The Morgan fingerprint density at radius 3 is 2.13 bits per heavy atom. The predicted octanol–water partition coefficient (Wildman–Crippen LogP) is 9.62. The van der Waals surface area contributed by atoms with Crippen molar-refractivity contribution >= 4 is 43.5 Å². The van der Waals surface area contributed by atoms with E-state index in [0.717, 1.165) is 60.3 Å². The van der Waals surface area contributed by atoms with Crippen molar-refractivity contribution in [2.75, 3.05) is 0 Å². The third-order valence-electron chi connectivity index (χ3n) is 8.10. The first kappa shape index (κ1) is 23.6. The summed E-state index contributed by atoms with van der Waals surface area (Å²) in [5, 5.41) is 6.26. The number of halogens is 1. The molecular formula is C36H29FNO+. The van der Waals surface area contributed by atoms with Crippen LogP contribution in [0.5, 0.6) is 0 Å². The molecule has 0 fully saturated rings. The molecule has 5 aromatic carbocycles. The number of hydrogen-bond donors (Lipinski definition) is 0. The molecule has 0 saturated heterocycles. The Balaban J connectivity index is 1.60. The molecule has 2 aromatic heterocycles. The van der Waals surface area contributed by atoms with E-state index in [4.69, 9.17) is 4.42 Å². The van der Waals surface area contributed by atoms with Crippen LogP contribution in [0.2, 0.25) is 0 Å². The monoisotopic (exact) mass is 510 g/mol. The van der Waals surface area contributed by atoms with Crippen molar-refractivity contribution < 1.29 is 13.4 Å². The van der Waals surface area contributed by atoms with Gasteiger partial charge < -0.3 is 4.42 Å². The van der Waals surface area contributed by atoms with Gasteiger partial charge in [0.2, 0.25) is 5.69 Å². The quantitative estimate of drug-likeness (QED) is 0.171. The second kappa shape index (κ2) is 8.78. The maximum absolute atomic E-state index is 15.9. The van der Waals surface area contributed by atoms with Crippen molar-refractivity contribution in [1.29, 1.82) is 0 Å². The van der Waals surface area contributed by atoms with Gasteiger partial charge in [-0.05, 0) is 69.3 Å². The average molecular weight is 511 g/mol. The Bertz CT molecular complexity index is 2080. The molecule has 0 amide bonds. The second-order valence-corrected chi connectivity index (χ2v) is 10.8. The van der Waals surface area contributed by atoms with Crippen LogP contribution in [0, 0.1) is 12.7 Å². The molecule has 2 nitrogen and oxygen atoms in total. The zero-order chi connectivity index (χ0) is 26.8. The highest BCUT2D eigenvalue weighted by molar-refractivity contribution is 6.18. The minimum Gasteiger partial charge on any atom is -0.454 e. The van der Waals surface area contributed by atoms with E-state index in [1.165, 1.54) is 5.56 Å². The summed E-state index contributed by atoms with van der Waals surface area (Å²) in [6, 6.07) is 30.7. The van der Waals surface area contributed by atoms with Gasteiger partial charge in [0.25, 0.3) is 0 Å². The Morgan fingerprint density at radius 1 is 0.692 bits per heavy atom. The molecule has 0 N–H and O–H groups in total. The van der Waals surface area contributed by atoms with Gasteiger partial charge in [0, 0.05) is 22.9 Å². The standard InChI is InChI=1S/C36H29FNO/c1-21(2)23-17-18-38(4)32(20-23)33-22(3)13-14-28-29-15-16-31(37)34(36(29)39-35(28)33)30-19-24-9-5-6-10-25(24)26-11-7-8-12-27(26)30/h5-21H,1-4H3/q+1. The number of nitrogens with zero attached hydrogens (tertiary/aromatic N) is 1. The van der Waals surface area contributed by atoms with E-state index < -0.39 is 0 Å². The maximum Gasteiger partial charge on any atom is 0.216 e. The van der Waals surface area contributed by atoms with Gasteiger partial charge in [-0.1, -0.05) is 74.5 Å². The fourth-order valence-corrected chi connectivity index (χ4v) is 6.00. The molecule has 2 heterocycles. The summed E-state index contributed by atoms with van der Waals surface area (Å²) < 4.78 is 24.8. The van der Waals surface area contributed by atoms with Crippen molar-refractivity contribution in [2.24, 2.45) is 7.05 Å². The van der Waals surface area contributed by atoms with Gasteiger partial charge in [0.05, 0.1) is 11.1 Å². The third kappa shape index (κ3) is 3.57. The van der Waals surface area contributed by atoms with Crippen LogP contribution in [0.3, 0.4) is 0 Å². The Kier molecular flexibility index (Phi) is 5.31. The van der Waals surface area contributed by atoms with Gasteiger partial charge in [0.1, 0.15) is 24.0 Å². The summed E-state index contributed by atoms with van der Waals surface area (Å²) in [4.78, 5) is 0. The fourth-order valence-electron chi connectivity index (χ4n) is 6.00. The Labute approximate surface area is 226 Å². The molecule has 0 bridgehead atoms. The summed E-state index contributed by atoms with van der Waals surface area (Å²) in [6.07, 6.45) is 2.11. The van der Waals surface area contributed by atoms with Crippen LogP contribution in [0.4, 0.5) is 4.39 Å². The highest BCUT2D eigenvalue weighted by Gasteiger charge is 2.24. The number of benzene rings is 5. The lowest BCUT2D eigenvalue weighted by atomic mass is 9.92. The summed E-state index contributed by atoms with van der Waals surface area (Å²) in [5.74, 6) is 0.120. The highest BCUT2D eigenvalue weighted by atomic mass is 19.1. The molecule has 7 aromatic rings. The highest BCUT2D eigenvalue weighted by Crippen LogP contribution is 2.44. The van der Waals surface area contributed by atoms with Crippen molar-refractivity contribution in [2.45, 2.75) is 26.7 Å². The smallest absolute Gasteiger partial charge is 0.216 e. The first-order valence-electron chi connectivity index (χ1n) is 13.5. The van der Waals surface area contributed by atoms with Crippen molar-refractivity contribution in [3.8, 4) is 22.4 Å². The Hall–Kier alpha value is -4.50. The van der Waals surface area contributed by atoms with Crippen molar-refractivity contribution in [3.05, 3.63) is 114 Å². The molecule has 0 aliphatic heterocycles. The van der Waals surface area contributed by atoms with E-state index in [9.17, 15) is 0 Å². The SMILES string of the molecule is Cc1ccc2c(oc3c(-c4cc5ccccc5c5ccccc45)c(F)ccc32)c1-c1cc(C(C)C)cc[n+]1C. The molecule has 0 atom stereocenters. The number of rotatable bonds is 3. The molecule has 190 valence electrons. The van der Waals surface area contributed by atoms with Crippen LogP contribution in [0.15, 0.2) is 102 Å². The summed E-state index contributed by atoms with van der Waals surface area (Å²) in [6.45, 7) is 6.52. The van der Waals surface area contributed by atoms with E-state index >= 15 is 4.39 Å². The molecule has 0 aliphatic carbocycles. The van der Waals surface area contributed by atoms with Gasteiger partial charge in [-0.15, -0.1) is 0 Å². The lowest BCUT2D eigenvalue weighted by Crippen LogP contribution is -2.31. The van der Waals surface area contributed by atoms with E-state index in [1.54, 1.807) is 6.07 Å². The molecule has 0 saturated carbocycles. The number of hydrogen-bond acceptors (Lipinski definition) is 1. The van der Waals surface area contributed by atoms with Gasteiger partial charge in [-0.3, -0.25) is 0 Å². The molecule has 0 radical (unpaired) electrons. The normalized spacial score (nSPS) is 11.9. The Morgan fingerprint density at radius 2 is 1.36 bits per heavy atom. The van der Waals surface area contributed by atoms with Crippen LogP contribution in [0.25, 0.3) is 65.9 Å². The molecule has 3 heteroatoms. The van der Waals surface area contributed by atoms with Crippen LogP contribution in [-0.4, -0.2) is 0 Å². The minimum absolute atomic E-state index is 0.285. The van der Waals surface area contributed by atoms with E-state index in [1.807, 2.05) is 30.3 Å². The van der Waals surface area contributed by atoms with Crippen molar-refractivity contribution in [3.63, 3.8) is 0 Å². The summed E-state index contributed by atoms with van der Waals surface area (Å²) >= 11 is 0. The zero-order valence-corrected chi connectivity index (χ0v) is 22.5. The molecule has 7 rings (SSSR count). The fraction of sp³-hybridized carbons (Fsp3) is 0.139. The van der Waals surface area contributed by atoms with Gasteiger partial charge in [-0.25, -0.2) is 8.96 Å². The van der Waals surface area contributed by atoms with E-state index in [2.05, 4.69) is 93.2 Å². The number of fused-ring (bicyclic) bond motifs is 6. The number of aryl methyl sites for hydroxylation is 2. The van der Waals surface area contributed by atoms with Gasteiger partial charge in [0.15, 0.2) is 6.20 Å². The van der Waals surface area contributed by atoms with Crippen LogP contribution in [0.1, 0.15) is 30.9 Å².